The van der Waals surface area contributed by atoms with Crippen LogP contribution in [0.3, 0.4) is 0 Å². The molecule has 0 saturated heterocycles. The van der Waals surface area contributed by atoms with E-state index in [-0.39, 0.29) is 5.91 Å². The third-order valence-corrected chi connectivity index (χ3v) is 3.15. The van der Waals surface area contributed by atoms with Gasteiger partial charge < -0.3 is 10.1 Å². The van der Waals surface area contributed by atoms with Crippen molar-refractivity contribution in [2.24, 2.45) is 0 Å². The number of ether oxygens (including phenoxy) is 1. The van der Waals surface area contributed by atoms with Gasteiger partial charge in [0.1, 0.15) is 11.8 Å². The number of aryl methyl sites for hydroxylation is 1. The molecule has 1 aromatic carbocycles. The van der Waals surface area contributed by atoms with Gasteiger partial charge in [0.15, 0.2) is 0 Å². The lowest BCUT2D eigenvalue weighted by Crippen LogP contribution is -2.24. The first-order valence-corrected chi connectivity index (χ1v) is 6.54. The number of methoxy groups -OCH3 is 1. The van der Waals surface area contributed by atoms with Crippen LogP contribution in [0.2, 0.25) is 5.02 Å². The van der Waals surface area contributed by atoms with Crippen molar-refractivity contribution >= 4 is 23.2 Å². The Labute approximate surface area is 122 Å². The number of hydrogen-bond donors (Lipinski definition) is 1. The van der Waals surface area contributed by atoms with Crippen LogP contribution in [-0.2, 0) is 4.79 Å². The van der Waals surface area contributed by atoms with Crippen LogP contribution in [0.5, 0.6) is 5.75 Å². The SMILES string of the molecule is COc1ccc(C)cc1NC(=O)C(C)n1cc(Cl)cn1. The zero-order chi connectivity index (χ0) is 14.7. The van der Waals surface area contributed by atoms with Crippen molar-refractivity contribution in [1.82, 2.24) is 9.78 Å². The largest absolute Gasteiger partial charge is 0.495 e. The number of nitrogens with zero attached hydrogens (tertiary/aromatic N) is 2. The molecule has 0 aliphatic carbocycles. The standard InChI is InChI=1S/C14H16ClN3O2/c1-9-4-5-13(20-3)12(6-9)17-14(19)10(2)18-8-11(15)7-16-18/h4-8,10H,1-3H3,(H,17,19). The van der Waals surface area contributed by atoms with E-state index in [1.165, 1.54) is 10.9 Å². The van der Waals surface area contributed by atoms with Crippen molar-refractivity contribution in [1.29, 1.82) is 0 Å². The molecule has 1 heterocycles. The quantitative estimate of drug-likeness (QED) is 0.942. The zero-order valence-electron chi connectivity index (χ0n) is 11.6. The van der Waals surface area contributed by atoms with E-state index in [0.717, 1.165) is 5.56 Å². The Morgan fingerprint density at radius 2 is 2.25 bits per heavy atom. The van der Waals surface area contributed by atoms with Crippen molar-refractivity contribution < 1.29 is 9.53 Å². The summed E-state index contributed by atoms with van der Waals surface area (Å²) in [6, 6.07) is 5.14. The number of anilines is 1. The van der Waals surface area contributed by atoms with Gasteiger partial charge in [0.2, 0.25) is 5.91 Å². The molecule has 0 spiro atoms. The van der Waals surface area contributed by atoms with Crippen LogP contribution < -0.4 is 10.1 Å². The first kappa shape index (κ1) is 14.4. The Kier molecular flexibility index (Phi) is 4.29. The third-order valence-electron chi connectivity index (χ3n) is 2.96. The number of hydrogen-bond acceptors (Lipinski definition) is 3. The molecule has 1 atom stereocenters. The van der Waals surface area contributed by atoms with Gasteiger partial charge in [-0.05, 0) is 31.5 Å². The minimum Gasteiger partial charge on any atom is -0.495 e. The fourth-order valence-corrected chi connectivity index (χ4v) is 1.95. The highest BCUT2D eigenvalue weighted by Crippen LogP contribution is 2.26. The van der Waals surface area contributed by atoms with Crippen LogP contribution in [0.25, 0.3) is 0 Å². The van der Waals surface area contributed by atoms with Gasteiger partial charge >= 0.3 is 0 Å². The molecule has 5 nitrogen and oxygen atoms in total. The summed E-state index contributed by atoms with van der Waals surface area (Å²) in [7, 11) is 1.57. The van der Waals surface area contributed by atoms with Gasteiger partial charge in [-0.15, -0.1) is 0 Å². The van der Waals surface area contributed by atoms with Crippen molar-refractivity contribution in [3.05, 3.63) is 41.2 Å². The summed E-state index contributed by atoms with van der Waals surface area (Å²) in [5, 5.41) is 7.37. The predicted octanol–water partition coefficient (Wildman–Crippen LogP) is 3.05. The Bertz CT molecular complexity index is 625. The number of rotatable bonds is 4. The second kappa shape index (κ2) is 5.96. The minimum atomic E-state index is -0.465. The second-order valence-corrected chi connectivity index (χ2v) is 4.94. The minimum absolute atomic E-state index is 0.186. The van der Waals surface area contributed by atoms with E-state index in [9.17, 15) is 4.79 Å². The van der Waals surface area contributed by atoms with Crippen LogP contribution in [0.15, 0.2) is 30.6 Å². The lowest BCUT2D eigenvalue weighted by molar-refractivity contribution is -0.119. The molecule has 2 rings (SSSR count). The van der Waals surface area contributed by atoms with E-state index in [0.29, 0.717) is 16.5 Å². The average molecular weight is 294 g/mol. The Balaban J connectivity index is 2.17. The van der Waals surface area contributed by atoms with Gasteiger partial charge in [0, 0.05) is 6.20 Å². The maximum absolute atomic E-state index is 12.2. The van der Waals surface area contributed by atoms with Crippen LogP contribution in [0.4, 0.5) is 5.69 Å². The summed E-state index contributed by atoms with van der Waals surface area (Å²) in [6.45, 7) is 3.70. The van der Waals surface area contributed by atoms with E-state index >= 15 is 0 Å². The van der Waals surface area contributed by atoms with Crippen LogP contribution in [-0.4, -0.2) is 22.8 Å². The predicted molar refractivity (Wildman–Crippen MR) is 78.3 cm³/mol. The first-order chi connectivity index (χ1) is 9.51. The highest BCUT2D eigenvalue weighted by Gasteiger charge is 2.17. The zero-order valence-corrected chi connectivity index (χ0v) is 12.3. The van der Waals surface area contributed by atoms with Gasteiger partial charge in [0.05, 0.1) is 24.0 Å². The third kappa shape index (κ3) is 3.11. The summed E-state index contributed by atoms with van der Waals surface area (Å²) in [5.74, 6) is 0.434. The molecule has 1 aromatic heterocycles. The van der Waals surface area contributed by atoms with Crippen LogP contribution >= 0.6 is 11.6 Å². The Morgan fingerprint density at radius 1 is 1.50 bits per heavy atom. The molecule has 6 heteroatoms. The summed E-state index contributed by atoms with van der Waals surface area (Å²) < 4.78 is 6.75. The number of halogens is 1. The van der Waals surface area contributed by atoms with Gasteiger partial charge in [-0.25, -0.2) is 0 Å². The smallest absolute Gasteiger partial charge is 0.249 e. The monoisotopic (exact) mass is 293 g/mol. The average Bonchev–Trinajstić information content (AvgIpc) is 2.84. The molecule has 2 aromatic rings. The number of carbonyl (C=O) groups is 1. The number of aromatic nitrogens is 2. The number of benzene rings is 1. The molecule has 0 saturated carbocycles. The Morgan fingerprint density at radius 3 is 2.85 bits per heavy atom. The Hall–Kier alpha value is -2.01. The molecule has 0 aliphatic heterocycles. The van der Waals surface area contributed by atoms with Crippen molar-refractivity contribution in [3.63, 3.8) is 0 Å². The summed E-state index contributed by atoms with van der Waals surface area (Å²) >= 11 is 5.80. The molecule has 0 aliphatic rings. The molecule has 1 unspecified atom stereocenters. The van der Waals surface area contributed by atoms with Crippen LogP contribution in [0.1, 0.15) is 18.5 Å². The fourth-order valence-electron chi connectivity index (χ4n) is 1.80. The number of amides is 1. The van der Waals surface area contributed by atoms with Crippen molar-refractivity contribution in [2.45, 2.75) is 19.9 Å². The highest BCUT2D eigenvalue weighted by atomic mass is 35.5. The van der Waals surface area contributed by atoms with Gasteiger partial charge in [-0.2, -0.15) is 5.10 Å². The molecule has 20 heavy (non-hydrogen) atoms. The second-order valence-electron chi connectivity index (χ2n) is 4.51. The van der Waals surface area contributed by atoms with E-state index in [2.05, 4.69) is 10.4 Å². The maximum Gasteiger partial charge on any atom is 0.249 e. The fraction of sp³-hybridized carbons (Fsp3) is 0.286. The van der Waals surface area contributed by atoms with Gasteiger partial charge in [0.25, 0.3) is 0 Å². The molecule has 0 bridgehead atoms. The first-order valence-electron chi connectivity index (χ1n) is 6.16. The lowest BCUT2D eigenvalue weighted by Gasteiger charge is -2.15. The summed E-state index contributed by atoms with van der Waals surface area (Å²) in [4.78, 5) is 12.2. The summed E-state index contributed by atoms with van der Waals surface area (Å²) in [6.07, 6.45) is 3.11. The van der Waals surface area contributed by atoms with E-state index in [1.807, 2.05) is 25.1 Å². The van der Waals surface area contributed by atoms with Gasteiger partial charge in [-0.1, -0.05) is 17.7 Å². The number of nitrogens with one attached hydrogen (secondary N) is 1. The topological polar surface area (TPSA) is 56.1 Å². The lowest BCUT2D eigenvalue weighted by atomic mass is 10.2. The van der Waals surface area contributed by atoms with Crippen molar-refractivity contribution in [2.75, 3.05) is 12.4 Å². The molecular formula is C14H16ClN3O2. The maximum atomic E-state index is 12.2. The normalized spacial score (nSPS) is 12.0. The highest BCUT2D eigenvalue weighted by molar-refractivity contribution is 6.30. The molecule has 0 radical (unpaired) electrons. The number of carbonyl (C=O) groups excluding carboxylic acids is 1. The van der Waals surface area contributed by atoms with E-state index in [1.54, 1.807) is 20.2 Å². The van der Waals surface area contributed by atoms with Crippen LogP contribution in [0, 0.1) is 6.92 Å². The van der Waals surface area contributed by atoms with E-state index < -0.39 is 6.04 Å². The molecular weight excluding hydrogens is 278 g/mol. The molecule has 1 amide bonds. The molecule has 0 fully saturated rings. The van der Waals surface area contributed by atoms with Crippen molar-refractivity contribution in [3.8, 4) is 5.75 Å². The van der Waals surface area contributed by atoms with Gasteiger partial charge in [-0.3, -0.25) is 9.48 Å². The summed E-state index contributed by atoms with van der Waals surface area (Å²) in [5.41, 5.74) is 1.68. The molecule has 1 N–H and O–H groups in total. The molecule has 106 valence electrons. The van der Waals surface area contributed by atoms with E-state index in [4.69, 9.17) is 16.3 Å².